The van der Waals surface area contributed by atoms with E-state index in [1.54, 1.807) is 34.9 Å². The number of carbonyl (C=O) groups excluding carboxylic acids is 1. The number of thiazole rings is 1. The van der Waals surface area contributed by atoms with E-state index in [0.29, 0.717) is 34.6 Å². The molecule has 1 heterocycles. The molecule has 0 unspecified atom stereocenters. The van der Waals surface area contributed by atoms with Crippen LogP contribution in [-0.2, 0) is 9.84 Å². The zero-order valence-corrected chi connectivity index (χ0v) is 20.8. The summed E-state index contributed by atoms with van der Waals surface area (Å²) in [5, 5.41) is 1.03. The highest BCUT2D eigenvalue weighted by Crippen LogP contribution is 2.32. The fraction of sp³-hybridized carbons (Fsp3) is 0.364. The molecule has 3 aromatic rings. The topological polar surface area (TPSA) is 70.6 Å². The molecule has 2 aromatic carbocycles. The molecule has 0 N–H and O–H groups in total. The molecule has 1 amide bonds. The van der Waals surface area contributed by atoms with Crippen molar-refractivity contribution < 1.29 is 13.2 Å². The Kier molecular flexibility index (Phi) is 7.41. The van der Waals surface area contributed by atoms with Gasteiger partial charge in [-0.1, -0.05) is 25.2 Å². The molecule has 0 spiro atoms. The molecule has 0 aliphatic heterocycles. The van der Waals surface area contributed by atoms with E-state index in [1.807, 2.05) is 43.3 Å². The predicted octanol–water partition coefficient (Wildman–Crippen LogP) is 4.41. The van der Waals surface area contributed by atoms with Crippen LogP contribution in [0.5, 0.6) is 0 Å². The van der Waals surface area contributed by atoms with Crippen LogP contribution in [0.2, 0.25) is 0 Å². The number of rotatable bonds is 8. The molecular formula is C22H27N3O3S3. The van der Waals surface area contributed by atoms with E-state index in [-0.39, 0.29) is 10.8 Å². The van der Waals surface area contributed by atoms with Gasteiger partial charge in [0.1, 0.15) is 0 Å². The van der Waals surface area contributed by atoms with Gasteiger partial charge in [-0.15, -0.1) is 11.8 Å². The Morgan fingerprint density at radius 1 is 1.10 bits per heavy atom. The molecule has 0 radical (unpaired) electrons. The van der Waals surface area contributed by atoms with Crippen LogP contribution in [0.25, 0.3) is 10.2 Å². The maximum atomic E-state index is 13.4. The summed E-state index contributed by atoms with van der Waals surface area (Å²) in [5.74, 6) is -0.120. The van der Waals surface area contributed by atoms with Crippen molar-refractivity contribution in [1.29, 1.82) is 0 Å². The number of anilines is 1. The maximum absolute atomic E-state index is 13.4. The number of carbonyl (C=O) groups is 1. The van der Waals surface area contributed by atoms with Crippen LogP contribution in [0, 0.1) is 0 Å². The highest BCUT2D eigenvalue weighted by molar-refractivity contribution is 7.99. The summed E-state index contributed by atoms with van der Waals surface area (Å²) in [6, 6.07) is 12.5. The standard InChI is InChI=1S/C22H27N3O3S3/c1-15(2)29-17-8-6-16(7-9-17)21(26)25(13-12-24(3)4)22-23-19-11-10-18(31(5,27)28)14-20(19)30-22/h6-11,14-15H,12-13H2,1-5H3. The predicted molar refractivity (Wildman–Crippen MR) is 130 cm³/mol. The minimum Gasteiger partial charge on any atom is -0.308 e. The first kappa shape index (κ1) is 23.7. The summed E-state index contributed by atoms with van der Waals surface area (Å²) in [6.45, 7) is 5.43. The van der Waals surface area contributed by atoms with Gasteiger partial charge in [-0.25, -0.2) is 13.4 Å². The van der Waals surface area contributed by atoms with Crippen molar-refractivity contribution in [2.75, 3.05) is 38.3 Å². The summed E-state index contributed by atoms with van der Waals surface area (Å²) in [5.41, 5.74) is 1.28. The average molecular weight is 478 g/mol. The summed E-state index contributed by atoms with van der Waals surface area (Å²) in [7, 11) is 0.602. The van der Waals surface area contributed by atoms with E-state index in [1.165, 1.54) is 17.6 Å². The molecule has 0 aliphatic rings. The summed E-state index contributed by atoms with van der Waals surface area (Å²) < 4.78 is 24.5. The number of hydrogen-bond donors (Lipinski definition) is 0. The molecule has 9 heteroatoms. The Labute approximate surface area is 192 Å². The number of hydrogen-bond acceptors (Lipinski definition) is 7. The number of benzene rings is 2. The molecule has 6 nitrogen and oxygen atoms in total. The number of thioether (sulfide) groups is 1. The Hall–Kier alpha value is -1.94. The average Bonchev–Trinajstić information content (AvgIpc) is 3.10. The molecule has 3 rings (SSSR count). The zero-order valence-electron chi connectivity index (χ0n) is 18.3. The van der Waals surface area contributed by atoms with Gasteiger partial charge < -0.3 is 4.90 Å². The van der Waals surface area contributed by atoms with E-state index in [4.69, 9.17) is 0 Å². The Morgan fingerprint density at radius 2 is 1.77 bits per heavy atom. The second-order valence-corrected chi connectivity index (χ2v) is 12.5. The normalized spacial score (nSPS) is 12.1. The van der Waals surface area contributed by atoms with Crippen LogP contribution in [0.1, 0.15) is 24.2 Å². The summed E-state index contributed by atoms with van der Waals surface area (Å²) in [4.78, 5) is 23.1. The van der Waals surface area contributed by atoms with Gasteiger partial charge in [0.2, 0.25) is 0 Å². The van der Waals surface area contributed by atoms with Crippen LogP contribution in [0.3, 0.4) is 0 Å². The van der Waals surface area contributed by atoms with E-state index in [9.17, 15) is 13.2 Å². The number of amides is 1. The van der Waals surface area contributed by atoms with Crippen LogP contribution in [0.4, 0.5) is 5.13 Å². The molecule has 0 aliphatic carbocycles. The largest absolute Gasteiger partial charge is 0.308 e. The number of fused-ring (bicyclic) bond motifs is 1. The first-order chi connectivity index (χ1) is 14.5. The van der Waals surface area contributed by atoms with E-state index in [0.717, 1.165) is 9.60 Å². The van der Waals surface area contributed by atoms with Crippen LogP contribution in [0.15, 0.2) is 52.3 Å². The molecule has 0 saturated carbocycles. The van der Waals surface area contributed by atoms with Crippen LogP contribution >= 0.6 is 23.1 Å². The van der Waals surface area contributed by atoms with Gasteiger partial charge in [0.15, 0.2) is 15.0 Å². The third-order valence-electron chi connectivity index (χ3n) is 4.50. The van der Waals surface area contributed by atoms with Crippen molar-refractivity contribution in [2.45, 2.75) is 28.9 Å². The lowest BCUT2D eigenvalue weighted by molar-refractivity contribution is 0.0985. The molecule has 1 aromatic heterocycles. The first-order valence-corrected chi connectivity index (χ1v) is 13.5. The maximum Gasteiger partial charge on any atom is 0.260 e. The Balaban J connectivity index is 1.95. The number of aromatic nitrogens is 1. The first-order valence-electron chi connectivity index (χ1n) is 9.88. The van der Waals surface area contributed by atoms with E-state index < -0.39 is 9.84 Å². The van der Waals surface area contributed by atoms with Crippen molar-refractivity contribution in [3.8, 4) is 0 Å². The number of nitrogens with zero attached hydrogens (tertiary/aromatic N) is 3. The lowest BCUT2D eigenvalue weighted by Gasteiger charge is -2.22. The zero-order chi connectivity index (χ0) is 22.8. The minimum absolute atomic E-state index is 0.120. The molecule has 0 bridgehead atoms. The second kappa shape index (κ2) is 9.68. The van der Waals surface area contributed by atoms with Gasteiger partial charge in [0, 0.05) is 35.1 Å². The lowest BCUT2D eigenvalue weighted by Crippen LogP contribution is -2.36. The van der Waals surface area contributed by atoms with Crippen molar-refractivity contribution in [2.24, 2.45) is 0 Å². The van der Waals surface area contributed by atoms with Crippen molar-refractivity contribution in [3.63, 3.8) is 0 Å². The third kappa shape index (κ3) is 6.06. The smallest absolute Gasteiger partial charge is 0.260 e. The van der Waals surface area contributed by atoms with Crippen molar-refractivity contribution >= 4 is 54.2 Å². The Bertz CT molecular complexity index is 1170. The molecular weight excluding hydrogens is 450 g/mol. The molecule has 31 heavy (non-hydrogen) atoms. The van der Waals surface area contributed by atoms with Gasteiger partial charge in [0.05, 0.1) is 15.1 Å². The molecule has 0 atom stereocenters. The summed E-state index contributed by atoms with van der Waals surface area (Å²) in [6.07, 6.45) is 1.18. The highest BCUT2D eigenvalue weighted by Gasteiger charge is 2.22. The number of sulfone groups is 1. The van der Waals surface area contributed by atoms with E-state index in [2.05, 4.69) is 18.8 Å². The van der Waals surface area contributed by atoms with Gasteiger partial charge in [-0.3, -0.25) is 9.69 Å². The molecule has 0 fully saturated rings. The molecule has 0 saturated heterocycles. The SMILES string of the molecule is CC(C)Sc1ccc(C(=O)N(CCN(C)C)c2nc3ccc(S(C)(=O)=O)cc3s2)cc1. The van der Waals surface area contributed by atoms with Gasteiger partial charge in [-0.05, 0) is 56.6 Å². The second-order valence-electron chi connectivity index (χ2n) is 7.85. The summed E-state index contributed by atoms with van der Waals surface area (Å²) >= 11 is 3.08. The van der Waals surface area contributed by atoms with Crippen LogP contribution in [-0.4, -0.2) is 62.9 Å². The van der Waals surface area contributed by atoms with Gasteiger partial charge in [0.25, 0.3) is 5.91 Å². The fourth-order valence-corrected chi connectivity index (χ4v) is 5.52. The Morgan fingerprint density at radius 3 is 2.35 bits per heavy atom. The monoisotopic (exact) mass is 477 g/mol. The third-order valence-corrected chi connectivity index (χ3v) is 7.66. The fourth-order valence-electron chi connectivity index (χ4n) is 2.93. The minimum atomic E-state index is -3.31. The number of likely N-dealkylation sites (N-methyl/N-ethyl adjacent to an activating group) is 1. The quantitative estimate of drug-likeness (QED) is 0.448. The van der Waals surface area contributed by atoms with Crippen molar-refractivity contribution in [1.82, 2.24) is 9.88 Å². The van der Waals surface area contributed by atoms with Gasteiger partial charge in [-0.2, -0.15) is 0 Å². The molecule has 166 valence electrons. The highest BCUT2D eigenvalue weighted by atomic mass is 32.2. The lowest BCUT2D eigenvalue weighted by atomic mass is 10.2. The van der Waals surface area contributed by atoms with E-state index >= 15 is 0 Å². The van der Waals surface area contributed by atoms with Gasteiger partial charge >= 0.3 is 0 Å². The van der Waals surface area contributed by atoms with Crippen LogP contribution < -0.4 is 4.90 Å². The van der Waals surface area contributed by atoms with Crippen molar-refractivity contribution in [3.05, 3.63) is 48.0 Å².